The normalized spacial score (nSPS) is 9.53. The lowest BCUT2D eigenvalue weighted by Crippen LogP contribution is -2.08. The van der Waals surface area contributed by atoms with Crippen LogP contribution in [0.5, 0.6) is 5.75 Å². The monoisotopic (exact) mass is 211 g/mol. The number of carbonyl (C=O) groups is 2. The molecule has 0 atom stereocenters. The van der Waals surface area contributed by atoms with E-state index in [4.69, 9.17) is 4.74 Å². The quantitative estimate of drug-likeness (QED) is 0.772. The molecule has 0 aliphatic rings. The van der Waals surface area contributed by atoms with Gasteiger partial charge in [0.2, 0.25) is 5.91 Å². The predicted octanol–water partition coefficient (Wildman–Crippen LogP) is 1.61. The number of amides is 1. The minimum absolute atomic E-state index is 0.0658. The standard InChI is InChI=1S/C10H10FNO3/c1-6(14)12-8-3-7(5-13)4-9(15-2)10(8)11/h3-5H,1-2H3,(H,12,14). The van der Waals surface area contributed by atoms with Gasteiger partial charge in [-0.05, 0) is 12.1 Å². The van der Waals surface area contributed by atoms with Gasteiger partial charge in [-0.25, -0.2) is 4.39 Å². The number of nitrogens with one attached hydrogen (secondary N) is 1. The van der Waals surface area contributed by atoms with Crippen LogP contribution in [0.2, 0.25) is 0 Å². The summed E-state index contributed by atoms with van der Waals surface area (Å²) in [6, 6.07) is 2.50. The molecule has 0 saturated carbocycles. The summed E-state index contributed by atoms with van der Waals surface area (Å²) in [5.74, 6) is -1.19. The van der Waals surface area contributed by atoms with Crippen LogP contribution in [0.25, 0.3) is 0 Å². The lowest BCUT2D eigenvalue weighted by atomic mass is 10.2. The summed E-state index contributed by atoms with van der Waals surface area (Å²) in [4.78, 5) is 21.3. The fraction of sp³-hybridized carbons (Fsp3) is 0.200. The highest BCUT2D eigenvalue weighted by Crippen LogP contribution is 2.26. The van der Waals surface area contributed by atoms with Gasteiger partial charge in [0, 0.05) is 12.5 Å². The lowest BCUT2D eigenvalue weighted by molar-refractivity contribution is -0.114. The van der Waals surface area contributed by atoms with Crippen molar-refractivity contribution in [1.82, 2.24) is 0 Å². The molecule has 1 amide bonds. The number of hydrogen-bond donors (Lipinski definition) is 1. The molecule has 1 aromatic rings. The molecule has 1 aromatic carbocycles. The molecule has 15 heavy (non-hydrogen) atoms. The van der Waals surface area contributed by atoms with Crippen LogP contribution in [-0.4, -0.2) is 19.3 Å². The Bertz CT molecular complexity index is 404. The number of aldehydes is 1. The Morgan fingerprint density at radius 1 is 1.53 bits per heavy atom. The number of ether oxygens (including phenoxy) is 1. The number of carbonyl (C=O) groups excluding carboxylic acids is 2. The van der Waals surface area contributed by atoms with Crippen LogP contribution >= 0.6 is 0 Å². The fourth-order valence-electron chi connectivity index (χ4n) is 1.12. The Morgan fingerprint density at radius 3 is 2.67 bits per heavy atom. The summed E-state index contributed by atoms with van der Waals surface area (Å²) in [5, 5.41) is 2.27. The van der Waals surface area contributed by atoms with Crippen molar-refractivity contribution in [3.63, 3.8) is 0 Å². The first-order chi connectivity index (χ1) is 7.08. The first-order valence-corrected chi connectivity index (χ1v) is 4.18. The van der Waals surface area contributed by atoms with E-state index in [0.29, 0.717) is 6.29 Å². The molecule has 0 bridgehead atoms. The molecular formula is C10H10FNO3. The van der Waals surface area contributed by atoms with Crippen LogP contribution < -0.4 is 10.1 Å². The van der Waals surface area contributed by atoms with E-state index in [9.17, 15) is 14.0 Å². The number of halogens is 1. The molecule has 4 nitrogen and oxygen atoms in total. The first-order valence-electron chi connectivity index (χ1n) is 4.18. The van der Waals surface area contributed by atoms with Crippen LogP contribution in [0, 0.1) is 5.82 Å². The Labute approximate surface area is 86.0 Å². The van der Waals surface area contributed by atoms with Gasteiger partial charge in [-0.15, -0.1) is 0 Å². The molecular weight excluding hydrogens is 201 g/mol. The van der Waals surface area contributed by atoms with Gasteiger partial charge >= 0.3 is 0 Å². The number of rotatable bonds is 3. The van der Waals surface area contributed by atoms with Crippen molar-refractivity contribution in [2.24, 2.45) is 0 Å². The molecule has 0 radical (unpaired) electrons. The molecule has 0 aliphatic carbocycles. The van der Waals surface area contributed by atoms with Crippen molar-refractivity contribution in [2.75, 3.05) is 12.4 Å². The minimum Gasteiger partial charge on any atom is -0.494 e. The highest BCUT2D eigenvalue weighted by Gasteiger charge is 2.11. The maximum absolute atomic E-state index is 13.5. The Morgan fingerprint density at radius 2 is 2.20 bits per heavy atom. The number of hydrogen-bond acceptors (Lipinski definition) is 3. The Balaban J connectivity index is 3.23. The van der Waals surface area contributed by atoms with Gasteiger partial charge in [-0.3, -0.25) is 9.59 Å². The van der Waals surface area contributed by atoms with Crippen LogP contribution in [0.3, 0.4) is 0 Å². The zero-order valence-electron chi connectivity index (χ0n) is 8.33. The van der Waals surface area contributed by atoms with E-state index in [1.807, 2.05) is 0 Å². The van der Waals surface area contributed by atoms with Crippen molar-refractivity contribution < 1.29 is 18.7 Å². The molecule has 0 unspecified atom stereocenters. The van der Waals surface area contributed by atoms with Crippen molar-refractivity contribution in [3.8, 4) is 5.75 Å². The summed E-state index contributed by atoms with van der Waals surface area (Å²) in [6.45, 7) is 1.25. The van der Waals surface area contributed by atoms with Crippen molar-refractivity contribution in [3.05, 3.63) is 23.5 Å². The second-order valence-electron chi connectivity index (χ2n) is 2.88. The van der Waals surface area contributed by atoms with E-state index in [2.05, 4.69) is 5.32 Å². The Kier molecular flexibility index (Phi) is 3.38. The number of anilines is 1. The van der Waals surface area contributed by atoms with Gasteiger partial charge in [0.05, 0.1) is 12.8 Å². The third-order valence-corrected chi connectivity index (χ3v) is 1.73. The third kappa shape index (κ3) is 2.52. The summed E-state index contributed by atoms with van der Waals surface area (Å²) in [5.41, 5.74) is 0.168. The van der Waals surface area contributed by atoms with E-state index in [1.165, 1.54) is 26.2 Å². The summed E-state index contributed by atoms with van der Waals surface area (Å²) in [6.07, 6.45) is 0.549. The van der Waals surface area contributed by atoms with Gasteiger partial charge in [-0.2, -0.15) is 0 Å². The molecule has 1 N–H and O–H groups in total. The third-order valence-electron chi connectivity index (χ3n) is 1.73. The van der Waals surface area contributed by atoms with Gasteiger partial charge in [-0.1, -0.05) is 0 Å². The SMILES string of the molecule is COc1cc(C=O)cc(NC(C)=O)c1F. The molecule has 0 saturated heterocycles. The maximum atomic E-state index is 13.5. The van der Waals surface area contributed by atoms with Gasteiger partial charge in [0.25, 0.3) is 0 Å². The molecule has 0 heterocycles. The summed E-state index contributed by atoms with van der Waals surface area (Å²) < 4.78 is 18.2. The molecule has 1 rings (SSSR count). The zero-order chi connectivity index (χ0) is 11.4. The van der Waals surface area contributed by atoms with Crippen molar-refractivity contribution >= 4 is 17.9 Å². The maximum Gasteiger partial charge on any atom is 0.221 e. The summed E-state index contributed by atoms with van der Waals surface area (Å²) >= 11 is 0. The summed E-state index contributed by atoms with van der Waals surface area (Å²) in [7, 11) is 1.28. The molecule has 0 aromatic heterocycles. The zero-order valence-corrected chi connectivity index (χ0v) is 8.33. The average Bonchev–Trinajstić information content (AvgIpc) is 2.20. The number of methoxy groups -OCH3 is 1. The van der Waals surface area contributed by atoms with Crippen LogP contribution in [0.15, 0.2) is 12.1 Å². The van der Waals surface area contributed by atoms with Gasteiger partial charge in [0.15, 0.2) is 11.6 Å². The highest BCUT2D eigenvalue weighted by atomic mass is 19.1. The van der Waals surface area contributed by atoms with Crippen molar-refractivity contribution in [2.45, 2.75) is 6.92 Å². The predicted molar refractivity (Wildman–Crippen MR) is 52.6 cm³/mol. The van der Waals surface area contributed by atoms with Crippen LogP contribution in [0.4, 0.5) is 10.1 Å². The van der Waals surface area contributed by atoms with E-state index >= 15 is 0 Å². The Hall–Kier alpha value is -1.91. The largest absolute Gasteiger partial charge is 0.494 e. The molecule has 5 heteroatoms. The fourth-order valence-corrected chi connectivity index (χ4v) is 1.12. The van der Waals surface area contributed by atoms with Crippen LogP contribution in [0.1, 0.15) is 17.3 Å². The first kappa shape index (κ1) is 11.2. The van der Waals surface area contributed by atoms with E-state index in [0.717, 1.165) is 0 Å². The van der Waals surface area contributed by atoms with E-state index in [1.54, 1.807) is 0 Å². The molecule has 0 aliphatic heterocycles. The van der Waals surface area contributed by atoms with Gasteiger partial charge in [0.1, 0.15) is 6.29 Å². The van der Waals surface area contributed by atoms with E-state index in [-0.39, 0.29) is 17.0 Å². The molecule has 0 fully saturated rings. The highest BCUT2D eigenvalue weighted by molar-refractivity contribution is 5.90. The average molecular weight is 211 g/mol. The smallest absolute Gasteiger partial charge is 0.221 e. The number of benzene rings is 1. The molecule has 80 valence electrons. The lowest BCUT2D eigenvalue weighted by Gasteiger charge is -2.08. The van der Waals surface area contributed by atoms with Gasteiger partial charge < -0.3 is 10.1 Å². The minimum atomic E-state index is -0.696. The van der Waals surface area contributed by atoms with Crippen molar-refractivity contribution in [1.29, 1.82) is 0 Å². The molecule has 0 spiro atoms. The topological polar surface area (TPSA) is 55.4 Å². The van der Waals surface area contributed by atoms with Crippen LogP contribution in [-0.2, 0) is 4.79 Å². The van der Waals surface area contributed by atoms with E-state index < -0.39 is 11.7 Å². The second kappa shape index (κ2) is 4.54. The second-order valence-corrected chi connectivity index (χ2v) is 2.88.